The first kappa shape index (κ1) is 17.5. The summed E-state index contributed by atoms with van der Waals surface area (Å²) in [6.07, 6.45) is 0.824. The van der Waals surface area contributed by atoms with E-state index in [1.807, 2.05) is 18.2 Å². The summed E-state index contributed by atoms with van der Waals surface area (Å²) in [5.41, 5.74) is 0.218. The first-order valence-corrected chi connectivity index (χ1v) is 8.73. The Balaban J connectivity index is 1.65. The van der Waals surface area contributed by atoms with Crippen LogP contribution in [0.25, 0.3) is 0 Å². The Morgan fingerprint density at radius 1 is 1.08 bits per heavy atom. The third-order valence-corrected chi connectivity index (χ3v) is 4.68. The molecular formula is C18H17F2NO3S. The molecule has 132 valence electrons. The number of ether oxygens (including phenoxy) is 2. The fraction of sp³-hybridized carbons (Fsp3) is 0.278. The van der Waals surface area contributed by atoms with Gasteiger partial charge in [-0.3, -0.25) is 4.79 Å². The van der Waals surface area contributed by atoms with Gasteiger partial charge < -0.3 is 14.8 Å². The van der Waals surface area contributed by atoms with Crippen LogP contribution in [0.4, 0.5) is 14.5 Å². The summed E-state index contributed by atoms with van der Waals surface area (Å²) in [5, 5.41) is 2.15. The number of anilines is 1. The molecule has 1 amide bonds. The van der Waals surface area contributed by atoms with Crippen molar-refractivity contribution in [2.75, 3.05) is 18.5 Å². The summed E-state index contributed by atoms with van der Waals surface area (Å²) in [6, 6.07) is 8.78. The number of nitrogens with one attached hydrogen (secondary N) is 1. The van der Waals surface area contributed by atoms with Gasteiger partial charge in [-0.15, -0.1) is 11.8 Å². The Morgan fingerprint density at radius 3 is 2.60 bits per heavy atom. The molecule has 0 fully saturated rings. The molecule has 4 nitrogen and oxygen atoms in total. The zero-order valence-electron chi connectivity index (χ0n) is 13.6. The summed E-state index contributed by atoms with van der Waals surface area (Å²) in [6.45, 7) is 2.95. The van der Waals surface area contributed by atoms with Crippen molar-refractivity contribution in [1.82, 2.24) is 0 Å². The minimum absolute atomic E-state index is 0.218. The second-order valence-electron chi connectivity index (χ2n) is 5.54. The highest BCUT2D eigenvalue weighted by molar-refractivity contribution is 8.00. The van der Waals surface area contributed by atoms with Gasteiger partial charge in [0, 0.05) is 23.1 Å². The van der Waals surface area contributed by atoms with Crippen molar-refractivity contribution in [2.24, 2.45) is 0 Å². The third-order valence-electron chi connectivity index (χ3n) is 3.59. The standard InChI is InChI=1S/C18H17F2NO3S/c1-11(18(22)21-12-3-5-14(19)15(20)9-12)25-13-4-6-16-17(10-13)24-8-2-7-23-16/h3-6,9-11H,2,7-8H2,1H3,(H,21,22)/t11-/m0/s1. The Labute approximate surface area is 148 Å². The number of benzene rings is 2. The molecule has 0 saturated heterocycles. The van der Waals surface area contributed by atoms with Gasteiger partial charge in [0.25, 0.3) is 0 Å². The van der Waals surface area contributed by atoms with E-state index >= 15 is 0 Å². The zero-order chi connectivity index (χ0) is 17.8. The fourth-order valence-electron chi connectivity index (χ4n) is 2.29. The van der Waals surface area contributed by atoms with Crippen molar-refractivity contribution >= 4 is 23.4 Å². The highest BCUT2D eigenvalue weighted by Gasteiger charge is 2.17. The Hall–Kier alpha value is -2.28. The predicted octanol–water partition coefficient (Wildman–Crippen LogP) is 4.25. The van der Waals surface area contributed by atoms with Gasteiger partial charge in [-0.25, -0.2) is 8.78 Å². The monoisotopic (exact) mass is 365 g/mol. The molecule has 1 heterocycles. The first-order valence-electron chi connectivity index (χ1n) is 7.85. The lowest BCUT2D eigenvalue weighted by atomic mass is 10.3. The van der Waals surface area contributed by atoms with Gasteiger partial charge in [0.05, 0.1) is 18.5 Å². The van der Waals surface area contributed by atoms with Gasteiger partial charge in [-0.1, -0.05) is 0 Å². The maximum Gasteiger partial charge on any atom is 0.237 e. The maximum absolute atomic E-state index is 13.2. The molecule has 0 spiro atoms. The molecule has 0 radical (unpaired) electrons. The summed E-state index contributed by atoms with van der Waals surface area (Å²) in [7, 11) is 0. The fourth-order valence-corrected chi connectivity index (χ4v) is 3.19. The maximum atomic E-state index is 13.2. The first-order chi connectivity index (χ1) is 12.0. The highest BCUT2D eigenvalue weighted by atomic mass is 32.2. The average Bonchev–Trinajstić information content (AvgIpc) is 2.83. The summed E-state index contributed by atoms with van der Waals surface area (Å²) in [5.74, 6) is -0.895. The van der Waals surface area contributed by atoms with Crippen LogP contribution < -0.4 is 14.8 Å². The van der Waals surface area contributed by atoms with E-state index in [1.165, 1.54) is 17.8 Å². The smallest absolute Gasteiger partial charge is 0.237 e. The number of fused-ring (bicyclic) bond motifs is 1. The van der Waals surface area contributed by atoms with Gasteiger partial charge in [-0.2, -0.15) is 0 Å². The van der Waals surface area contributed by atoms with Gasteiger partial charge >= 0.3 is 0 Å². The van der Waals surface area contributed by atoms with E-state index in [-0.39, 0.29) is 11.6 Å². The van der Waals surface area contributed by atoms with Crippen molar-refractivity contribution in [3.05, 3.63) is 48.0 Å². The number of hydrogen-bond acceptors (Lipinski definition) is 4. The number of thioether (sulfide) groups is 1. The van der Waals surface area contributed by atoms with Crippen LogP contribution in [0.3, 0.4) is 0 Å². The molecule has 1 aliphatic rings. The molecule has 7 heteroatoms. The quantitative estimate of drug-likeness (QED) is 0.823. The third kappa shape index (κ3) is 4.42. The van der Waals surface area contributed by atoms with Crippen LogP contribution in [0.1, 0.15) is 13.3 Å². The predicted molar refractivity (Wildman–Crippen MR) is 92.4 cm³/mol. The number of halogens is 2. The molecule has 1 aliphatic heterocycles. The van der Waals surface area contributed by atoms with Gasteiger partial charge in [0.15, 0.2) is 23.1 Å². The number of amides is 1. The van der Waals surface area contributed by atoms with Crippen molar-refractivity contribution in [1.29, 1.82) is 0 Å². The van der Waals surface area contributed by atoms with Crippen molar-refractivity contribution in [3.8, 4) is 11.5 Å². The minimum atomic E-state index is -0.999. The van der Waals surface area contributed by atoms with Gasteiger partial charge in [0.2, 0.25) is 5.91 Å². The lowest BCUT2D eigenvalue weighted by Gasteiger charge is -2.14. The van der Waals surface area contributed by atoms with E-state index in [0.717, 1.165) is 23.4 Å². The van der Waals surface area contributed by atoms with Crippen molar-refractivity contribution in [2.45, 2.75) is 23.5 Å². The van der Waals surface area contributed by atoms with E-state index in [9.17, 15) is 13.6 Å². The Kier molecular flexibility index (Phi) is 5.43. The molecule has 25 heavy (non-hydrogen) atoms. The second-order valence-corrected chi connectivity index (χ2v) is 6.95. The molecule has 0 aliphatic carbocycles. The molecule has 0 aromatic heterocycles. The van der Waals surface area contributed by atoms with Crippen LogP contribution >= 0.6 is 11.8 Å². The molecule has 1 N–H and O–H groups in total. The second kappa shape index (κ2) is 7.74. The SMILES string of the molecule is C[C@H](Sc1ccc2c(c1)OCCCO2)C(=O)Nc1ccc(F)c(F)c1. The highest BCUT2D eigenvalue weighted by Crippen LogP contribution is 2.35. The number of carbonyl (C=O) groups is 1. The topological polar surface area (TPSA) is 47.6 Å². The van der Waals surface area contributed by atoms with E-state index in [2.05, 4.69) is 5.32 Å². The lowest BCUT2D eigenvalue weighted by Crippen LogP contribution is -2.22. The molecule has 2 aromatic carbocycles. The van der Waals surface area contributed by atoms with Gasteiger partial charge in [-0.05, 0) is 37.3 Å². The van der Waals surface area contributed by atoms with Crippen LogP contribution in [-0.4, -0.2) is 24.4 Å². The van der Waals surface area contributed by atoms with E-state index in [1.54, 1.807) is 6.92 Å². The normalized spacial score (nSPS) is 14.5. The molecule has 0 bridgehead atoms. The summed E-state index contributed by atoms with van der Waals surface area (Å²) >= 11 is 1.34. The van der Waals surface area contributed by atoms with E-state index in [4.69, 9.17) is 9.47 Å². The lowest BCUT2D eigenvalue weighted by molar-refractivity contribution is -0.115. The molecule has 3 rings (SSSR count). The molecule has 1 atom stereocenters. The largest absolute Gasteiger partial charge is 0.490 e. The van der Waals surface area contributed by atoms with Crippen molar-refractivity contribution < 1.29 is 23.0 Å². The Morgan fingerprint density at radius 2 is 1.84 bits per heavy atom. The average molecular weight is 365 g/mol. The van der Waals surface area contributed by atoms with E-state index in [0.29, 0.717) is 24.7 Å². The molecule has 2 aromatic rings. The number of rotatable bonds is 4. The summed E-state index contributed by atoms with van der Waals surface area (Å²) in [4.78, 5) is 13.1. The minimum Gasteiger partial charge on any atom is -0.490 e. The van der Waals surface area contributed by atoms with Crippen LogP contribution in [0, 0.1) is 11.6 Å². The van der Waals surface area contributed by atoms with E-state index < -0.39 is 16.9 Å². The molecular weight excluding hydrogens is 348 g/mol. The van der Waals surface area contributed by atoms with Crippen LogP contribution in [0.5, 0.6) is 11.5 Å². The van der Waals surface area contributed by atoms with Crippen LogP contribution in [0.15, 0.2) is 41.3 Å². The van der Waals surface area contributed by atoms with Crippen LogP contribution in [-0.2, 0) is 4.79 Å². The molecule has 0 saturated carbocycles. The van der Waals surface area contributed by atoms with Crippen molar-refractivity contribution in [3.63, 3.8) is 0 Å². The number of carbonyl (C=O) groups excluding carboxylic acids is 1. The van der Waals surface area contributed by atoms with Crippen LogP contribution in [0.2, 0.25) is 0 Å². The molecule has 0 unspecified atom stereocenters. The number of hydrogen-bond donors (Lipinski definition) is 1. The summed E-state index contributed by atoms with van der Waals surface area (Å²) < 4.78 is 37.4. The zero-order valence-corrected chi connectivity index (χ0v) is 14.4. The van der Waals surface area contributed by atoms with Gasteiger partial charge in [0.1, 0.15) is 0 Å². The Bertz CT molecular complexity index is 785.